The zero-order valence-electron chi connectivity index (χ0n) is 65.1. The molecule has 6 nitrogen and oxygen atoms in total. The van der Waals surface area contributed by atoms with Crippen molar-refractivity contribution in [3.63, 3.8) is 0 Å². The van der Waals surface area contributed by atoms with Gasteiger partial charge in [0.15, 0.2) is 0 Å². The Morgan fingerprint density at radius 3 is 1.17 bits per heavy atom. The quantitative estimate of drug-likeness (QED) is 0.129. The summed E-state index contributed by atoms with van der Waals surface area (Å²) in [6.07, 6.45) is 0.782. The highest BCUT2D eigenvalue weighted by atomic mass is 16.5. The van der Waals surface area contributed by atoms with Crippen molar-refractivity contribution in [2.24, 2.45) is 0 Å². The smallest absolute Gasteiger partial charge is 0.132 e. The van der Waals surface area contributed by atoms with Crippen LogP contribution in [0.4, 0.5) is 34.1 Å². The molecule has 558 valence electrons. The van der Waals surface area contributed by atoms with Crippen molar-refractivity contribution >= 4 is 77.7 Å². The van der Waals surface area contributed by atoms with Crippen LogP contribution in [0.25, 0.3) is 99.5 Å². The van der Waals surface area contributed by atoms with E-state index in [4.69, 9.17) is 9.47 Å². The van der Waals surface area contributed by atoms with Crippen LogP contribution in [0.3, 0.4) is 0 Å². The first kappa shape index (κ1) is 67.1. The molecule has 0 radical (unpaired) electrons. The normalized spacial score (nSPS) is 16.4. The highest BCUT2D eigenvalue weighted by molar-refractivity contribution is 6.14. The van der Waals surface area contributed by atoms with Crippen LogP contribution in [-0.2, 0) is 22.7 Å². The molecule has 0 saturated carbocycles. The molecule has 18 aromatic carbocycles. The lowest BCUT2D eigenvalue weighted by Gasteiger charge is -2.45. The first-order chi connectivity index (χ1) is 58.9. The van der Waals surface area contributed by atoms with Gasteiger partial charge < -0.3 is 28.4 Å². The molecule has 0 bridgehead atoms. The molecule has 25 rings (SSSR count). The summed E-state index contributed by atoms with van der Waals surface area (Å²) in [6, 6.07) is 155. The summed E-state index contributed by atoms with van der Waals surface area (Å²) < 4.78 is 19.3. The summed E-state index contributed by atoms with van der Waals surface area (Å²) in [5, 5.41) is 4.94. The Balaban J connectivity index is 0.597. The van der Waals surface area contributed by atoms with E-state index in [1.807, 2.05) is 0 Å². The summed E-state index contributed by atoms with van der Waals surface area (Å²) in [5.74, 6) is 3.39. The molecule has 4 aliphatic heterocycles. The van der Waals surface area contributed by atoms with Crippen LogP contribution in [0.5, 0.6) is 23.0 Å². The minimum absolute atomic E-state index is 0.409. The molecule has 2 aromatic heterocycles. The first-order valence-electron chi connectivity index (χ1n) is 41.3. The molecule has 2 spiro atoms. The molecule has 3 unspecified atom stereocenters. The number of nitrogens with zero attached hydrogens (tertiary/aromatic N) is 4. The highest BCUT2D eigenvalue weighted by Gasteiger charge is 2.53. The molecule has 1 aliphatic carbocycles. The van der Waals surface area contributed by atoms with Crippen LogP contribution >= 0.6 is 0 Å². The lowest BCUT2D eigenvalue weighted by molar-refractivity contribution is 0.434. The Kier molecular flexibility index (Phi) is 14.5. The number of anilines is 6. The van der Waals surface area contributed by atoms with Crippen molar-refractivity contribution in [3.8, 4) is 78.9 Å². The third-order valence-electron chi connectivity index (χ3n) is 26.7. The van der Waals surface area contributed by atoms with Gasteiger partial charge in [-0.3, -0.25) is 0 Å². The second-order valence-electron chi connectivity index (χ2n) is 32.7. The van der Waals surface area contributed by atoms with E-state index in [0.717, 1.165) is 119 Å². The third kappa shape index (κ3) is 9.54. The Labute approximate surface area is 689 Å². The van der Waals surface area contributed by atoms with Crippen LogP contribution in [0.1, 0.15) is 68.1 Å². The topological polar surface area (TPSA) is 34.8 Å². The number of aromatic nitrogens is 2. The molecule has 20 aromatic rings. The Morgan fingerprint density at radius 2 is 0.613 bits per heavy atom. The van der Waals surface area contributed by atoms with E-state index in [0.29, 0.717) is 0 Å². The van der Waals surface area contributed by atoms with Crippen LogP contribution in [0.15, 0.2) is 419 Å². The van der Waals surface area contributed by atoms with Gasteiger partial charge >= 0.3 is 0 Å². The Morgan fingerprint density at radius 1 is 0.244 bits per heavy atom. The Bertz CT molecular complexity index is 7610. The molecule has 0 N–H and O–H groups in total. The van der Waals surface area contributed by atoms with E-state index >= 15 is 0 Å². The molecule has 6 heteroatoms. The summed E-state index contributed by atoms with van der Waals surface area (Å²) in [4.78, 5) is 4.93. The van der Waals surface area contributed by atoms with E-state index < -0.39 is 16.2 Å². The van der Waals surface area contributed by atoms with Crippen LogP contribution in [0, 0.1) is 0 Å². The summed E-state index contributed by atoms with van der Waals surface area (Å²) in [5.41, 5.74) is 34.1. The zero-order valence-corrected chi connectivity index (χ0v) is 65.1. The summed E-state index contributed by atoms with van der Waals surface area (Å²) in [7, 11) is 0. The maximum Gasteiger partial charge on any atom is 0.132 e. The molecular weight excluding hydrogens is 1450 g/mol. The second kappa shape index (κ2) is 25.6. The minimum atomic E-state index is -0.762. The highest BCUT2D eigenvalue weighted by Crippen LogP contribution is 2.65. The standard InChI is InChI=1S/C113H74N4O2/c1-111(71-72-50-52-74(53-51-72)76-56-60-79(61-57-76)115(100-43-17-9-30-83(100)77-28-6-3-7-29-77)82-64-67-108-99(70-82)113(94-40-16-23-49-106(94)119-108)92-38-14-21-47-104(92)117-102-45-19-11-33-87(102)89-35-25-42-96(113)110(89)117)90-36-12-8-31-84(90)85-65-62-80(68-97(85)111)114(78-58-54-75(55-59-78)73-26-4-2-5-27-73)81-63-66-107-98(69-81)112(93-39-15-22-48-105(93)118-107)91-37-13-20-46-103(91)116-101-44-18-10-32-86(101)88-34-24-41-95(112)109(88)116/h2-70H,71H2,1H3. The largest absolute Gasteiger partial charge is 0.457 e. The fraction of sp³-hybridized carbons (Fsp3) is 0.0442. The van der Waals surface area contributed by atoms with E-state index in [1.165, 1.54) is 105 Å². The molecule has 6 heterocycles. The molecular formula is C113H74N4O2. The SMILES string of the molecule is CC1(Cc2ccc(-c3ccc(N(c4ccc5c(c4)C4(c6ccccc6O5)c5ccccc5-n5c6ccccc6c6cccc4c65)c4ccccc4-c4ccccc4)cc3)cc2)c2ccccc2-c2ccc(N(c3ccc(-c4ccccc4)cc3)c3ccc4c(c3)C3(c5ccccc5O4)c4ccccc4-n4c5ccccc5c5cccc3c54)cc21. The Hall–Kier alpha value is -15.2. The van der Waals surface area contributed by atoms with Gasteiger partial charge in [-0.05, 0) is 200 Å². The lowest BCUT2D eigenvalue weighted by Crippen LogP contribution is -2.38. The van der Waals surface area contributed by atoms with Gasteiger partial charge in [-0.15, -0.1) is 0 Å². The molecule has 3 atom stereocenters. The first-order valence-corrected chi connectivity index (χ1v) is 41.3. The van der Waals surface area contributed by atoms with Gasteiger partial charge in [-0.25, -0.2) is 0 Å². The van der Waals surface area contributed by atoms with Crippen molar-refractivity contribution in [1.29, 1.82) is 0 Å². The molecule has 5 aliphatic rings. The van der Waals surface area contributed by atoms with E-state index in [9.17, 15) is 0 Å². The predicted molar refractivity (Wildman–Crippen MR) is 487 cm³/mol. The second-order valence-corrected chi connectivity index (χ2v) is 32.7. The maximum absolute atomic E-state index is 7.18. The van der Waals surface area contributed by atoms with Gasteiger partial charge in [0, 0.05) is 83.2 Å². The van der Waals surface area contributed by atoms with Crippen molar-refractivity contribution in [3.05, 3.63) is 480 Å². The van der Waals surface area contributed by atoms with Crippen LogP contribution in [0.2, 0.25) is 0 Å². The molecule has 0 saturated heterocycles. The average molecular weight is 1520 g/mol. The van der Waals surface area contributed by atoms with Gasteiger partial charge in [0.05, 0.1) is 50.0 Å². The van der Waals surface area contributed by atoms with Crippen molar-refractivity contribution in [1.82, 2.24) is 9.13 Å². The maximum atomic E-state index is 7.18. The van der Waals surface area contributed by atoms with Crippen LogP contribution in [-0.4, -0.2) is 9.13 Å². The van der Waals surface area contributed by atoms with Gasteiger partial charge in [0.2, 0.25) is 0 Å². The molecule has 0 fully saturated rings. The molecule has 119 heavy (non-hydrogen) atoms. The number of hydrogen-bond acceptors (Lipinski definition) is 4. The number of hydrogen-bond donors (Lipinski definition) is 0. The van der Waals surface area contributed by atoms with Crippen molar-refractivity contribution < 1.29 is 9.47 Å². The summed E-state index contributed by atoms with van der Waals surface area (Å²) in [6.45, 7) is 2.47. The summed E-state index contributed by atoms with van der Waals surface area (Å²) >= 11 is 0. The molecule has 0 amide bonds. The minimum Gasteiger partial charge on any atom is -0.457 e. The number of ether oxygens (including phenoxy) is 2. The zero-order chi connectivity index (χ0) is 78.2. The van der Waals surface area contributed by atoms with E-state index in [1.54, 1.807) is 0 Å². The number of benzene rings is 18. The van der Waals surface area contributed by atoms with Gasteiger partial charge in [0.1, 0.15) is 23.0 Å². The average Bonchev–Trinajstić information content (AvgIpc) is 1.65. The van der Waals surface area contributed by atoms with Crippen molar-refractivity contribution in [2.45, 2.75) is 29.6 Å². The van der Waals surface area contributed by atoms with Crippen LogP contribution < -0.4 is 19.3 Å². The number of fused-ring (bicyclic) bond motifs is 25. The number of rotatable bonds is 11. The lowest BCUT2D eigenvalue weighted by atomic mass is 9.61. The number of para-hydroxylation sites is 9. The third-order valence-corrected chi connectivity index (χ3v) is 26.7. The van der Waals surface area contributed by atoms with Gasteiger partial charge in [0.25, 0.3) is 0 Å². The fourth-order valence-corrected chi connectivity index (χ4v) is 21.7. The fourth-order valence-electron chi connectivity index (χ4n) is 21.7. The monoisotopic (exact) mass is 1520 g/mol. The van der Waals surface area contributed by atoms with Gasteiger partial charge in [-0.2, -0.15) is 0 Å². The van der Waals surface area contributed by atoms with E-state index in [-0.39, 0.29) is 0 Å². The van der Waals surface area contributed by atoms with Gasteiger partial charge in [-0.1, -0.05) is 310 Å². The van der Waals surface area contributed by atoms with Crippen molar-refractivity contribution in [2.75, 3.05) is 9.80 Å². The van der Waals surface area contributed by atoms with E-state index in [2.05, 4.69) is 444 Å². The predicted octanol–water partition coefficient (Wildman–Crippen LogP) is 29.0.